The third-order valence-electron chi connectivity index (χ3n) is 13.8. The molecule has 0 fully saturated rings. The van der Waals surface area contributed by atoms with Crippen molar-refractivity contribution in [1.82, 2.24) is 0 Å². The molecule has 1 heteroatoms. The van der Waals surface area contributed by atoms with Crippen molar-refractivity contribution < 1.29 is 0 Å². The van der Waals surface area contributed by atoms with Crippen LogP contribution in [0.1, 0.15) is 47.2 Å². The van der Waals surface area contributed by atoms with Crippen LogP contribution >= 0.6 is 0 Å². The predicted octanol–water partition coefficient (Wildman–Crippen LogP) is 14.6. The molecule has 0 aromatic heterocycles. The Hall–Kier alpha value is -6.96. The van der Waals surface area contributed by atoms with E-state index in [1.807, 2.05) is 0 Å². The highest BCUT2D eigenvalue weighted by Gasteiger charge is 2.52. The summed E-state index contributed by atoms with van der Waals surface area (Å²) in [6.07, 6.45) is 0. The fourth-order valence-corrected chi connectivity index (χ4v) is 11.6. The zero-order valence-corrected chi connectivity index (χ0v) is 31.8. The van der Waals surface area contributed by atoms with Gasteiger partial charge in [-0.2, -0.15) is 0 Å². The quantitative estimate of drug-likeness (QED) is 0.175. The van der Waals surface area contributed by atoms with Gasteiger partial charge in [0.25, 0.3) is 0 Å². The molecular formula is C56H37N. The standard InChI is InChI=1S/C56H37N/c1-55(2)42-24-9-7-21-40(42)52-46(55)28-14-30-48(52)57(50-33-32-34-16-13-23-38-35-17-3-4-20-39(35)54(50)51(34)38)49-31-15-29-47-53(49)41-22-8-12-27-45(41)56(47)43-25-10-5-18-36(43)37-19-6-11-26-44(37)56/h3-33H,1-2H3. The van der Waals surface area contributed by atoms with Gasteiger partial charge in [0.1, 0.15) is 0 Å². The molecule has 4 aliphatic rings. The number of nitrogens with zero attached hydrogens (tertiary/aromatic N) is 1. The van der Waals surface area contributed by atoms with E-state index in [0.717, 1.165) is 0 Å². The fourth-order valence-electron chi connectivity index (χ4n) is 11.6. The molecule has 0 saturated heterocycles. The van der Waals surface area contributed by atoms with E-state index < -0.39 is 5.41 Å². The van der Waals surface area contributed by atoms with Crippen molar-refractivity contribution in [2.45, 2.75) is 24.7 Å². The number of hydrogen-bond acceptors (Lipinski definition) is 1. The van der Waals surface area contributed by atoms with Gasteiger partial charge >= 0.3 is 0 Å². The first-order valence-corrected chi connectivity index (χ1v) is 20.2. The number of hydrogen-bond donors (Lipinski definition) is 0. The highest BCUT2D eigenvalue weighted by atomic mass is 15.2. The second-order valence-corrected chi connectivity index (χ2v) is 16.7. The predicted molar refractivity (Wildman–Crippen MR) is 237 cm³/mol. The van der Waals surface area contributed by atoms with Gasteiger partial charge < -0.3 is 4.90 Å². The maximum absolute atomic E-state index is 2.64. The lowest BCUT2D eigenvalue weighted by molar-refractivity contribution is 0.660. The molecule has 0 saturated carbocycles. The molecule has 9 aromatic carbocycles. The molecule has 13 rings (SSSR count). The highest BCUT2D eigenvalue weighted by molar-refractivity contribution is 6.20. The zero-order chi connectivity index (χ0) is 37.6. The summed E-state index contributed by atoms with van der Waals surface area (Å²) in [4.78, 5) is 2.64. The summed E-state index contributed by atoms with van der Waals surface area (Å²) in [7, 11) is 0. The smallest absolute Gasteiger partial charge is 0.0726 e. The normalized spacial score (nSPS) is 14.8. The lowest BCUT2D eigenvalue weighted by atomic mass is 9.70. The Morgan fingerprint density at radius 1 is 0.298 bits per heavy atom. The summed E-state index contributed by atoms with van der Waals surface area (Å²) >= 11 is 0. The van der Waals surface area contributed by atoms with Crippen LogP contribution in [-0.2, 0) is 10.8 Å². The van der Waals surface area contributed by atoms with Gasteiger partial charge in [-0.05, 0) is 101 Å². The zero-order valence-electron chi connectivity index (χ0n) is 31.8. The molecule has 266 valence electrons. The van der Waals surface area contributed by atoms with Gasteiger partial charge in [0.05, 0.1) is 22.5 Å². The van der Waals surface area contributed by atoms with Gasteiger partial charge in [-0.3, -0.25) is 0 Å². The third-order valence-corrected chi connectivity index (χ3v) is 13.8. The van der Waals surface area contributed by atoms with Crippen LogP contribution in [0.25, 0.3) is 66.4 Å². The Bertz CT molecular complexity index is 3190. The van der Waals surface area contributed by atoms with E-state index in [1.165, 1.54) is 117 Å². The van der Waals surface area contributed by atoms with Crippen molar-refractivity contribution in [3.05, 3.63) is 221 Å². The molecule has 0 bridgehead atoms. The molecule has 4 aliphatic carbocycles. The SMILES string of the molecule is CC1(C)c2ccccc2-c2c(N(c3cccc4c3-c3ccccc3C43c4ccccc4-c4ccccc43)c3ccc4cccc5c4c3-c3ccccc3-5)cccc21. The molecular weight excluding hydrogens is 687 g/mol. The highest BCUT2D eigenvalue weighted by Crippen LogP contribution is 2.66. The second kappa shape index (κ2) is 10.9. The molecule has 0 heterocycles. The maximum Gasteiger partial charge on any atom is 0.0726 e. The van der Waals surface area contributed by atoms with E-state index in [-0.39, 0.29) is 5.41 Å². The van der Waals surface area contributed by atoms with Gasteiger partial charge in [0.2, 0.25) is 0 Å². The Balaban J connectivity index is 1.19. The molecule has 9 aromatic rings. The molecule has 0 aliphatic heterocycles. The van der Waals surface area contributed by atoms with E-state index in [4.69, 9.17) is 0 Å². The Morgan fingerprint density at radius 2 is 0.737 bits per heavy atom. The Kier molecular flexibility index (Phi) is 5.96. The van der Waals surface area contributed by atoms with E-state index >= 15 is 0 Å². The molecule has 0 radical (unpaired) electrons. The van der Waals surface area contributed by atoms with Gasteiger partial charge in [0.15, 0.2) is 0 Å². The first kappa shape index (κ1) is 31.3. The van der Waals surface area contributed by atoms with Crippen LogP contribution < -0.4 is 4.90 Å². The minimum Gasteiger partial charge on any atom is -0.309 e. The summed E-state index contributed by atoms with van der Waals surface area (Å²) in [5.74, 6) is 0. The topological polar surface area (TPSA) is 3.24 Å². The van der Waals surface area contributed by atoms with Crippen molar-refractivity contribution in [3.63, 3.8) is 0 Å². The van der Waals surface area contributed by atoms with E-state index in [1.54, 1.807) is 0 Å². The minimum absolute atomic E-state index is 0.139. The van der Waals surface area contributed by atoms with Crippen LogP contribution in [0.2, 0.25) is 0 Å². The van der Waals surface area contributed by atoms with E-state index in [9.17, 15) is 0 Å². The molecule has 0 N–H and O–H groups in total. The van der Waals surface area contributed by atoms with Crippen LogP contribution in [0.3, 0.4) is 0 Å². The lowest BCUT2D eigenvalue weighted by Crippen LogP contribution is -2.26. The summed E-state index contributed by atoms with van der Waals surface area (Å²) in [5, 5.41) is 2.60. The van der Waals surface area contributed by atoms with Crippen molar-refractivity contribution >= 4 is 27.8 Å². The van der Waals surface area contributed by atoms with Crippen molar-refractivity contribution in [2.75, 3.05) is 4.90 Å². The molecule has 1 nitrogen and oxygen atoms in total. The fraction of sp³-hybridized carbons (Fsp3) is 0.0714. The van der Waals surface area contributed by atoms with Gasteiger partial charge in [0, 0.05) is 22.1 Å². The van der Waals surface area contributed by atoms with Gasteiger partial charge in [-0.1, -0.05) is 184 Å². The number of anilines is 3. The first-order chi connectivity index (χ1) is 28.1. The largest absolute Gasteiger partial charge is 0.309 e. The van der Waals surface area contributed by atoms with Crippen molar-refractivity contribution in [3.8, 4) is 55.6 Å². The summed E-state index contributed by atoms with van der Waals surface area (Å²) in [5.41, 5.74) is 24.3. The van der Waals surface area contributed by atoms with Crippen molar-refractivity contribution in [1.29, 1.82) is 0 Å². The summed E-state index contributed by atoms with van der Waals surface area (Å²) < 4.78 is 0. The van der Waals surface area contributed by atoms with Crippen LogP contribution in [0, 0.1) is 0 Å². The summed E-state index contributed by atoms with van der Waals surface area (Å²) in [6, 6.07) is 71.2. The Labute approximate surface area is 333 Å². The van der Waals surface area contributed by atoms with E-state index in [2.05, 4.69) is 207 Å². The van der Waals surface area contributed by atoms with Gasteiger partial charge in [-0.25, -0.2) is 0 Å². The van der Waals surface area contributed by atoms with Crippen LogP contribution in [0.15, 0.2) is 188 Å². The summed E-state index contributed by atoms with van der Waals surface area (Å²) in [6.45, 7) is 4.78. The molecule has 1 spiro atoms. The molecule has 0 amide bonds. The van der Waals surface area contributed by atoms with Crippen LogP contribution in [-0.4, -0.2) is 0 Å². The monoisotopic (exact) mass is 723 g/mol. The minimum atomic E-state index is -0.437. The van der Waals surface area contributed by atoms with Crippen LogP contribution in [0.4, 0.5) is 17.1 Å². The van der Waals surface area contributed by atoms with E-state index in [0.29, 0.717) is 0 Å². The average Bonchev–Trinajstić information content (AvgIpc) is 3.94. The lowest BCUT2D eigenvalue weighted by Gasteiger charge is -2.33. The molecule has 57 heavy (non-hydrogen) atoms. The molecule has 0 atom stereocenters. The number of fused-ring (bicyclic) bond motifs is 16. The molecule has 0 unspecified atom stereocenters. The van der Waals surface area contributed by atoms with Gasteiger partial charge in [-0.15, -0.1) is 0 Å². The van der Waals surface area contributed by atoms with Crippen molar-refractivity contribution in [2.24, 2.45) is 0 Å². The average molecular weight is 724 g/mol. The van der Waals surface area contributed by atoms with Crippen LogP contribution in [0.5, 0.6) is 0 Å². The second-order valence-electron chi connectivity index (χ2n) is 16.7. The number of rotatable bonds is 3. The number of benzene rings is 9. The third kappa shape index (κ3) is 3.71. The maximum atomic E-state index is 2.64. The first-order valence-electron chi connectivity index (χ1n) is 20.2. The Morgan fingerprint density at radius 3 is 1.40 bits per heavy atom.